The van der Waals surface area contributed by atoms with Gasteiger partial charge < -0.3 is 20.4 Å². The second-order valence-corrected chi connectivity index (χ2v) is 8.07. The number of para-hydroxylation sites is 2. The number of anilines is 1. The molecular formula is C28H27N3O4. The molecule has 0 saturated heterocycles. The molecule has 35 heavy (non-hydrogen) atoms. The number of rotatable bonds is 9. The van der Waals surface area contributed by atoms with Crippen molar-refractivity contribution < 1.29 is 19.1 Å². The number of H-pyrrole nitrogens is 1. The first-order valence-electron chi connectivity index (χ1n) is 11.5. The first-order chi connectivity index (χ1) is 17.0. The van der Waals surface area contributed by atoms with Crippen molar-refractivity contribution in [1.82, 2.24) is 10.3 Å². The van der Waals surface area contributed by atoms with Gasteiger partial charge in [0.15, 0.2) is 0 Å². The van der Waals surface area contributed by atoms with Crippen LogP contribution in [0.3, 0.4) is 0 Å². The minimum Gasteiger partial charge on any atom is -0.464 e. The molecule has 0 fully saturated rings. The summed E-state index contributed by atoms with van der Waals surface area (Å²) in [5, 5.41) is 6.51. The van der Waals surface area contributed by atoms with Crippen molar-refractivity contribution in [2.24, 2.45) is 0 Å². The summed E-state index contributed by atoms with van der Waals surface area (Å²) >= 11 is 0. The Hall–Kier alpha value is -4.39. The Kier molecular flexibility index (Phi) is 7.57. The Morgan fingerprint density at radius 2 is 1.60 bits per heavy atom. The van der Waals surface area contributed by atoms with E-state index in [0.717, 1.165) is 16.5 Å². The van der Waals surface area contributed by atoms with Gasteiger partial charge in [0.25, 0.3) is 11.8 Å². The maximum absolute atomic E-state index is 13.2. The highest BCUT2D eigenvalue weighted by Crippen LogP contribution is 2.19. The van der Waals surface area contributed by atoms with Crippen molar-refractivity contribution in [2.45, 2.75) is 25.8 Å². The van der Waals surface area contributed by atoms with Crippen molar-refractivity contribution >= 4 is 34.4 Å². The lowest BCUT2D eigenvalue weighted by atomic mass is 10.0. The van der Waals surface area contributed by atoms with Crippen molar-refractivity contribution in [3.05, 3.63) is 102 Å². The minimum atomic E-state index is -0.819. The molecule has 0 aliphatic rings. The van der Waals surface area contributed by atoms with E-state index in [0.29, 0.717) is 24.2 Å². The number of fused-ring (bicyclic) bond motifs is 1. The number of nitrogens with one attached hydrogen (secondary N) is 3. The van der Waals surface area contributed by atoms with Crippen LogP contribution in [0.25, 0.3) is 10.9 Å². The van der Waals surface area contributed by atoms with E-state index in [4.69, 9.17) is 4.74 Å². The molecule has 0 radical (unpaired) electrons. The van der Waals surface area contributed by atoms with Crippen molar-refractivity contribution in [3.63, 3.8) is 0 Å². The van der Waals surface area contributed by atoms with Gasteiger partial charge in [-0.3, -0.25) is 9.59 Å². The summed E-state index contributed by atoms with van der Waals surface area (Å²) in [6.07, 6.45) is 0.988. The number of hydrogen-bond acceptors (Lipinski definition) is 4. The molecule has 3 N–H and O–H groups in total. The van der Waals surface area contributed by atoms with Crippen LogP contribution in [-0.2, 0) is 16.0 Å². The number of aromatic amines is 1. The van der Waals surface area contributed by atoms with E-state index >= 15 is 0 Å². The molecule has 2 amide bonds. The second kappa shape index (κ2) is 11.2. The molecular weight excluding hydrogens is 442 g/mol. The molecule has 178 valence electrons. The van der Waals surface area contributed by atoms with Gasteiger partial charge in [0, 0.05) is 10.9 Å². The predicted octanol–water partition coefficient (Wildman–Crippen LogP) is 4.71. The van der Waals surface area contributed by atoms with E-state index in [1.165, 1.54) is 0 Å². The van der Waals surface area contributed by atoms with E-state index < -0.39 is 17.9 Å². The fourth-order valence-corrected chi connectivity index (χ4v) is 3.86. The monoisotopic (exact) mass is 469 g/mol. The van der Waals surface area contributed by atoms with Crippen LogP contribution in [0.15, 0.2) is 84.9 Å². The topological polar surface area (TPSA) is 100 Å². The Labute approximate surface area is 203 Å². The normalized spacial score (nSPS) is 11.6. The zero-order valence-corrected chi connectivity index (χ0v) is 19.4. The molecule has 7 nitrogen and oxygen atoms in total. The standard InChI is InChI=1S/C28H27N3O4/c1-2-35-28(34)24(17-16-19-10-4-3-5-11-19)31-26(32)21-13-7-9-15-23(21)30-27(33)25-18-20-12-6-8-14-22(20)29-25/h3-15,18,24,29H,2,16-17H2,1H3,(H,30,33)(H,31,32)/t24-/m1/s1. The molecule has 0 spiro atoms. The van der Waals surface area contributed by atoms with Gasteiger partial charge in [-0.1, -0.05) is 60.7 Å². The number of hydrogen-bond donors (Lipinski definition) is 3. The Balaban J connectivity index is 1.49. The maximum atomic E-state index is 13.2. The summed E-state index contributed by atoms with van der Waals surface area (Å²) in [5.74, 6) is -1.33. The van der Waals surface area contributed by atoms with Gasteiger partial charge in [-0.05, 0) is 49.6 Å². The summed E-state index contributed by atoms with van der Waals surface area (Å²) in [5.41, 5.74) is 2.89. The molecule has 7 heteroatoms. The summed E-state index contributed by atoms with van der Waals surface area (Å²) in [6.45, 7) is 1.94. The van der Waals surface area contributed by atoms with Crippen molar-refractivity contribution in [3.8, 4) is 0 Å². The lowest BCUT2D eigenvalue weighted by Crippen LogP contribution is -2.42. The van der Waals surface area contributed by atoms with E-state index in [1.54, 1.807) is 37.3 Å². The first kappa shape index (κ1) is 23.8. The zero-order valence-electron chi connectivity index (χ0n) is 19.4. The molecule has 0 aliphatic carbocycles. The second-order valence-electron chi connectivity index (χ2n) is 8.07. The molecule has 1 heterocycles. The minimum absolute atomic E-state index is 0.216. The summed E-state index contributed by atoms with van der Waals surface area (Å²) in [4.78, 5) is 41.7. The molecule has 1 aromatic heterocycles. The first-order valence-corrected chi connectivity index (χ1v) is 11.5. The van der Waals surface area contributed by atoms with Crippen LogP contribution < -0.4 is 10.6 Å². The Morgan fingerprint density at radius 3 is 2.37 bits per heavy atom. The SMILES string of the molecule is CCOC(=O)[C@@H](CCc1ccccc1)NC(=O)c1ccccc1NC(=O)c1cc2ccccc2[nH]1. The van der Waals surface area contributed by atoms with Crippen molar-refractivity contribution in [1.29, 1.82) is 0 Å². The van der Waals surface area contributed by atoms with Gasteiger partial charge in [-0.15, -0.1) is 0 Å². The van der Waals surface area contributed by atoms with E-state index in [1.807, 2.05) is 54.6 Å². The van der Waals surface area contributed by atoms with Crippen LogP contribution in [0.1, 0.15) is 39.8 Å². The molecule has 0 bridgehead atoms. The van der Waals surface area contributed by atoms with Gasteiger partial charge >= 0.3 is 5.97 Å². The van der Waals surface area contributed by atoms with Crippen LogP contribution in [0.4, 0.5) is 5.69 Å². The van der Waals surface area contributed by atoms with Crippen LogP contribution >= 0.6 is 0 Å². The Morgan fingerprint density at radius 1 is 0.886 bits per heavy atom. The zero-order chi connectivity index (χ0) is 24.6. The number of aryl methyl sites for hydroxylation is 1. The summed E-state index contributed by atoms with van der Waals surface area (Å²) < 4.78 is 5.18. The van der Waals surface area contributed by atoms with Gasteiger partial charge in [-0.2, -0.15) is 0 Å². The number of aromatic nitrogens is 1. The van der Waals surface area contributed by atoms with Gasteiger partial charge in [0.2, 0.25) is 0 Å². The highest BCUT2D eigenvalue weighted by Gasteiger charge is 2.24. The summed E-state index contributed by atoms with van der Waals surface area (Å²) in [7, 11) is 0. The molecule has 0 unspecified atom stereocenters. The van der Waals surface area contributed by atoms with Crippen LogP contribution in [0, 0.1) is 0 Å². The van der Waals surface area contributed by atoms with Gasteiger partial charge in [0.05, 0.1) is 17.9 Å². The number of amides is 2. The third-order valence-electron chi connectivity index (χ3n) is 5.64. The maximum Gasteiger partial charge on any atom is 0.328 e. The number of esters is 1. The van der Waals surface area contributed by atoms with E-state index in [-0.39, 0.29) is 18.1 Å². The van der Waals surface area contributed by atoms with Crippen LogP contribution in [0.5, 0.6) is 0 Å². The molecule has 4 aromatic rings. The molecule has 0 aliphatic heterocycles. The average Bonchev–Trinajstić information content (AvgIpc) is 3.32. The third kappa shape index (κ3) is 5.95. The lowest BCUT2D eigenvalue weighted by Gasteiger charge is -2.18. The molecule has 3 aromatic carbocycles. The molecule has 0 saturated carbocycles. The van der Waals surface area contributed by atoms with Crippen LogP contribution in [-0.4, -0.2) is 35.4 Å². The Bertz CT molecular complexity index is 1300. The average molecular weight is 470 g/mol. The van der Waals surface area contributed by atoms with E-state index in [2.05, 4.69) is 15.6 Å². The highest BCUT2D eigenvalue weighted by molar-refractivity contribution is 6.10. The van der Waals surface area contributed by atoms with Crippen LogP contribution in [0.2, 0.25) is 0 Å². The largest absolute Gasteiger partial charge is 0.464 e. The third-order valence-corrected chi connectivity index (χ3v) is 5.64. The molecule has 4 rings (SSSR count). The van der Waals surface area contributed by atoms with Gasteiger partial charge in [0.1, 0.15) is 11.7 Å². The number of ether oxygens (including phenoxy) is 1. The fraction of sp³-hybridized carbons (Fsp3) is 0.179. The number of carbonyl (C=O) groups excluding carboxylic acids is 3. The lowest BCUT2D eigenvalue weighted by molar-refractivity contribution is -0.145. The quantitative estimate of drug-likeness (QED) is 0.309. The fourth-order valence-electron chi connectivity index (χ4n) is 3.86. The molecule has 1 atom stereocenters. The predicted molar refractivity (Wildman–Crippen MR) is 135 cm³/mol. The van der Waals surface area contributed by atoms with E-state index in [9.17, 15) is 14.4 Å². The number of benzene rings is 3. The highest BCUT2D eigenvalue weighted by atomic mass is 16.5. The van der Waals surface area contributed by atoms with Crippen molar-refractivity contribution in [2.75, 3.05) is 11.9 Å². The van der Waals surface area contributed by atoms with Gasteiger partial charge in [-0.25, -0.2) is 4.79 Å². The summed E-state index contributed by atoms with van der Waals surface area (Å²) in [6, 6.07) is 24.9. The number of carbonyl (C=O) groups is 3. The smallest absolute Gasteiger partial charge is 0.328 e.